The Labute approximate surface area is 221 Å². The summed E-state index contributed by atoms with van der Waals surface area (Å²) in [6.45, 7) is -0.995. The average molecular weight is 557 g/mol. The van der Waals surface area contributed by atoms with Crippen molar-refractivity contribution in [1.82, 2.24) is 29.7 Å². The summed E-state index contributed by atoms with van der Waals surface area (Å²) in [5.41, 5.74) is 3.12. The molecular formula is C25H23F3N8O2S. The number of anilines is 2. The van der Waals surface area contributed by atoms with Gasteiger partial charge in [0.25, 0.3) is 0 Å². The molecule has 0 saturated heterocycles. The maximum absolute atomic E-state index is 13.0. The van der Waals surface area contributed by atoms with E-state index in [1.54, 1.807) is 41.4 Å². The Bertz CT molecular complexity index is 1650. The number of rotatable bonds is 8. The number of hydrogen-bond donors (Lipinski definition) is 2. The van der Waals surface area contributed by atoms with Crippen molar-refractivity contribution in [1.29, 1.82) is 0 Å². The molecule has 3 heterocycles. The normalized spacial score (nSPS) is 15.8. The molecule has 14 heteroatoms. The van der Waals surface area contributed by atoms with Crippen LogP contribution in [0, 0.1) is 0 Å². The second kappa shape index (κ2) is 10.4. The second-order valence-electron chi connectivity index (χ2n) is 8.92. The lowest BCUT2D eigenvalue weighted by Gasteiger charge is -2.16. The topological polar surface area (TPSA) is 128 Å². The second-order valence-corrected chi connectivity index (χ2v) is 11.2. The summed E-state index contributed by atoms with van der Waals surface area (Å²) in [4.78, 5) is 17.1. The predicted octanol–water partition coefficient (Wildman–Crippen LogP) is 3.95. The van der Waals surface area contributed by atoms with E-state index in [4.69, 9.17) is 0 Å². The number of allylic oxidation sites excluding steroid dienone is 3. The Morgan fingerprint density at radius 3 is 2.54 bits per heavy atom. The molecule has 2 N–H and O–H groups in total. The molecule has 1 atom stereocenters. The van der Waals surface area contributed by atoms with Gasteiger partial charge in [0, 0.05) is 12.8 Å². The fourth-order valence-corrected chi connectivity index (χ4v) is 4.83. The van der Waals surface area contributed by atoms with Gasteiger partial charge in [0.2, 0.25) is 5.95 Å². The average Bonchev–Trinajstić information content (AvgIpc) is 3.45. The van der Waals surface area contributed by atoms with Gasteiger partial charge in [-0.1, -0.05) is 30.4 Å². The number of nitrogens with zero attached hydrogens (tertiary/aromatic N) is 6. The minimum atomic E-state index is -4.48. The van der Waals surface area contributed by atoms with Crippen molar-refractivity contribution >= 4 is 38.2 Å². The first kappa shape index (κ1) is 26.3. The van der Waals surface area contributed by atoms with Gasteiger partial charge < -0.3 is 10.6 Å². The summed E-state index contributed by atoms with van der Waals surface area (Å²) in [7, 11) is -3.32. The Morgan fingerprint density at radius 2 is 1.85 bits per heavy atom. The van der Waals surface area contributed by atoms with E-state index in [2.05, 4.69) is 35.7 Å². The first-order valence-electron chi connectivity index (χ1n) is 11.8. The van der Waals surface area contributed by atoms with E-state index >= 15 is 0 Å². The van der Waals surface area contributed by atoms with E-state index < -0.39 is 27.8 Å². The van der Waals surface area contributed by atoms with Crippen LogP contribution in [-0.4, -0.2) is 62.4 Å². The van der Waals surface area contributed by atoms with E-state index in [1.807, 2.05) is 24.3 Å². The molecule has 1 aliphatic carbocycles. The molecule has 39 heavy (non-hydrogen) atoms. The zero-order valence-electron chi connectivity index (χ0n) is 20.6. The smallest absolute Gasteiger partial charge is 0.359 e. The summed E-state index contributed by atoms with van der Waals surface area (Å²) in [5, 5.41) is 8.75. The Morgan fingerprint density at radius 1 is 1.05 bits per heavy atom. The predicted molar refractivity (Wildman–Crippen MR) is 141 cm³/mol. The molecule has 0 radical (unpaired) electrons. The fraction of sp³-hybridized carbons (Fsp3) is 0.240. The lowest BCUT2D eigenvalue weighted by atomic mass is 10.0. The molecule has 10 nitrogen and oxygen atoms in total. The van der Waals surface area contributed by atoms with Crippen LogP contribution in [0.5, 0.6) is 0 Å². The van der Waals surface area contributed by atoms with Gasteiger partial charge in [-0.05, 0) is 41.8 Å². The molecule has 1 unspecified atom stereocenters. The van der Waals surface area contributed by atoms with Gasteiger partial charge in [-0.15, -0.1) is 0 Å². The molecule has 5 rings (SSSR count). The number of pyridine rings is 1. The van der Waals surface area contributed by atoms with Crippen LogP contribution in [0.3, 0.4) is 0 Å². The number of aromatic nitrogens is 6. The summed E-state index contributed by atoms with van der Waals surface area (Å²) in [6.07, 6.45) is 5.10. The molecule has 0 bridgehead atoms. The van der Waals surface area contributed by atoms with Crippen molar-refractivity contribution in [3.63, 3.8) is 0 Å². The number of halogens is 3. The van der Waals surface area contributed by atoms with Crippen molar-refractivity contribution < 1.29 is 21.6 Å². The number of alkyl halides is 3. The molecule has 1 aliphatic rings. The molecule has 0 spiro atoms. The molecule has 0 fully saturated rings. The van der Waals surface area contributed by atoms with E-state index in [1.165, 1.54) is 6.33 Å². The lowest BCUT2D eigenvalue weighted by molar-refractivity contribution is -0.115. The van der Waals surface area contributed by atoms with Crippen LogP contribution < -0.4 is 10.6 Å². The van der Waals surface area contributed by atoms with Gasteiger partial charge in [0.15, 0.2) is 15.7 Å². The Kier molecular flexibility index (Phi) is 7.04. The highest BCUT2D eigenvalue weighted by Gasteiger charge is 2.28. The number of sulfone groups is 1. The number of benzene rings is 1. The maximum Gasteiger partial charge on any atom is 0.405 e. The first-order valence-corrected chi connectivity index (χ1v) is 13.8. The Hall–Kier alpha value is -4.33. The van der Waals surface area contributed by atoms with Crippen LogP contribution in [0.4, 0.5) is 24.9 Å². The van der Waals surface area contributed by atoms with E-state index in [9.17, 15) is 21.6 Å². The van der Waals surface area contributed by atoms with Crippen molar-refractivity contribution in [2.45, 2.75) is 24.4 Å². The van der Waals surface area contributed by atoms with Crippen LogP contribution in [0.1, 0.15) is 17.7 Å². The number of fused-ring (bicyclic) bond motifs is 1. The molecule has 0 amide bonds. The molecule has 202 valence electrons. The first-order chi connectivity index (χ1) is 18.5. The standard InChI is InChI=1S/C25H23F3N8O2S/c1-39(37,38)19-4-2-3-17(11-19)20-9-10-21-22(33-20)23(31-13-25(26,27)28)35-24(34-21)30-12-16-5-7-18(8-6-16)36-15-29-14-32-36/h2-3,5-11,14-15,19H,4,12-13H2,1H3,(H2,30,31,34,35). The number of nitrogens with one attached hydrogen (secondary N) is 2. The SMILES string of the molecule is CS(=O)(=O)C1C=C(c2ccc3nc(NCc4ccc(-n5cncn5)cc4)nc(NCC(F)(F)F)c3n2)C=CC1. The maximum atomic E-state index is 13.0. The van der Waals surface area contributed by atoms with Crippen LogP contribution in [0.15, 0.2) is 67.3 Å². The van der Waals surface area contributed by atoms with Crippen molar-refractivity contribution in [2.75, 3.05) is 23.4 Å². The highest BCUT2D eigenvalue weighted by atomic mass is 32.2. The van der Waals surface area contributed by atoms with Crippen LogP contribution in [0.25, 0.3) is 22.3 Å². The molecule has 0 saturated carbocycles. The van der Waals surface area contributed by atoms with Gasteiger partial charge in [-0.2, -0.15) is 23.3 Å². The van der Waals surface area contributed by atoms with Crippen molar-refractivity contribution in [2.24, 2.45) is 0 Å². The highest BCUT2D eigenvalue weighted by molar-refractivity contribution is 7.91. The van der Waals surface area contributed by atoms with E-state index in [0.29, 0.717) is 29.7 Å². The third-order valence-electron chi connectivity index (χ3n) is 5.95. The minimum absolute atomic E-state index is 0.0942. The summed E-state index contributed by atoms with van der Waals surface area (Å²) in [6, 6.07) is 10.7. The molecular weight excluding hydrogens is 533 g/mol. The van der Waals surface area contributed by atoms with Gasteiger partial charge in [0.05, 0.1) is 22.1 Å². The highest BCUT2D eigenvalue weighted by Crippen LogP contribution is 2.28. The van der Waals surface area contributed by atoms with Crippen LogP contribution in [0.2, 0.25) is 0 Å². The Balaban J connectivity index is 1.43. The molecule has 0 aliphatic heterocycles. The molecule has 4 aromatic rings. The summed E-state index contributed by atoms with van der Waals surface area (Å²) < 4.78 is 64.8. The summed E-state index contributed by atoms with van der Waals surface area (Å²) in [5.74, 6) is 0.0271. The quantitative estimate of drug-likeness (QED) is 0.332. The third-order valence-corrected chi connectivity index (χ3v) is 7.37. The van der Waals surface area contributed by atoms with Crippen LogP contribution in [-0.2, 0) is 16.4 Å². The van der Waals surface area contributed by atoms with Crippen LogP contribution >= 0.6 is 0 Å². The van der Waals surface area contributed by atoms with E-state index in [0.717, 1.165) is 17.5 Å². The minimum Gasteiger partial charge on any atom is -0.359 e. The largest absolute Gasteiger partial charge is 0.405 e. The lowest BCUT2D eigenvalue weighted by Crippen LogP contribution is -2.22. The van der Waals surface area contributed by atoms with Crippen molar-refractivity contribution in [3.8, 4) is 5.69 Å². The monoisotopic (exact) mass is 556 g/mol. The van der Waals surface area contributed by atoms with Gasteiger partial charge >= 0.3 is 6.18 Å². The van der Waals surface area contributed by atoms with Gasteiger partial charge in [-0.25, -0.2) is 28.1 Å². The molecule has 1 aromatic carbocycles. The zero-order valence-corrected chi connectivity index (χ0v) is 21.4. The summed E-state index contributed by atoms with van der Waals surface area (Å²) >= 11 is 0. The van der Waals surface area contributed by atoms with Gasteiger partial charge in [-0.3, -0.25) is 0 Å². The van der Waals surface area contributed by atoms with Gasteiger partial charge in [0.1, 0.15) is 24.7 Å². The van der Waals surface area contributed by atoms with E-state index in [-0.39, 0.29) is 17.3 Å². The zero-order chi connectivity index (χ0) is 27.6. The number of hydrogen-bond acceptors (Lipinski definition) is 9. The fourth-order valence-electron chi connectivity index (χ4n) is 3.97. The third kappa shape index (κ3) is 6.39. The molecule has 3 aromatic heterocycles. The van der Waals surface area contributed by atoms with Crippen molar-refractivity contribution in [3.05, 3.63) is 78.5 Å².